The van der Waals surface area contributed by atoms with Crippen LogP contribution in [0.3, 0.4) is 0 Å². The number of Topliss-reactive ketones (excluding diaryl/α,β-unsaturated/α-hetero) is 1. The molecule has 3 rings (SSSR count). The average molecular weight is 443 g/mol. The minimum atomic E-state index is -0.521. The SMILES string of the molecule is COC(=O)c1c(C)c(C(=O)CN(Cc2ccco2)C(=O)c2ccc(Cl)cc2)c(C)n1C. The molecule has 0 aliphatic heterocycles. The fourth-order valence-corrected chi connectivity index (χ4v) is 3.72. The smallest absolute Gasteiger partial charge is 0.354 e. The zero-order chi connectivity index (χ0) is 22.7. The number of aromatic nitrogens is 1. The second kappa shape index (κ2) is 9.22. The van der Waals surface area contributed by atoms with Gasteiger partial charge in [0.05, 0.1) is 26.5 Å². The molecule has 0 saturated heterocycles. The molecule has 0 N–H and O–H groups in total. The molecule has 0 aliphatic rings. The molecule has 0 unspecified atom stereocenters. The van der Waals surface area contributed by atoms with Gasteiger partial charge in [0.25, 0.3) is 5.91 Å². The number of ketones is 1. The highest BCUT2D eigenvalue weighted by atomic mass is 35.5. The molecule has 8 heteroatoms. The lowest BCUT2D eigenvalue weighted by molar-refractivity contribution is 0.0588. The van der Waals surface area contributed by atoms with Crippen LogP contribution in [0.2, 0.25) is 5.02 Å². The van der Waals surface area contributed by atoms with Crippen molar-refractivity contribution in [1.82, 2.24) is 9.47 Å². The zero-order valence-corrected chi connectivity index (χ0v) is 18.5. The van der Waals surface area contributed by atoms with Gasteiger partial charge >= 0.3 is 5.97 Å². The summed E-state index contributed by atoms with van der Waals surface area (Å²) in [5, 5.41) is 0.510. The van der Waals surface area contributed by atoms with Crippen molar-refractivity contribution in [3.63, 3.8) is 0 Å². The van der Waals surface area contributed by atoms with E-state index in [2.05, 4.69) is 0 Å². The molecular weight excluding hydrogens is 420 g/mol. The first kappa shape index (κ1) is 22.4. The van der Waals surface area contributed by atoms with Gasteiger partial charge in [-0.1, -0.05) is 11.6 Å². The topological polar surface area (TPSA) is 81.8 Å². The van der Waals surface area contributed by atoms with E-state index in [4.69, 9.17) is 20.8 Å². The number of halogens is 1. The molecule has 0 spiro atoms. The molecule has 0 bridgehead atoms. The number of methoxy groups -OCH3 is 1. The molecule has 7 nitrogen and oxygen atoms in total. The Morgan fingerprint density at radius 2 is 1.81 bits per heavy atom. The van der Waals surface area contributed by atoms with Crippen LogP contribution in [0.5, 0.6) is 0 Å². The second-order valence-electron chi connectivity index (χ2n) is 7.16. The largest absolute Gasteiger partial charge is 0.467 e. The number of nitrogens with zero attached hydrogens (tertiary/aromatic N) is 2. The first-order chi connectivity index (χ1) is 14.7. The van der Waals surface area contributed by atoms with E-state index in [9.17, 15) is 14.4 Å². The minimum Gasteiger partial charge on any atom is -0.467 e. The van der Waals surface area contributed by atoms with Crippen LogP contribution in [0.15, 0.2) is 47.1 Å². The Balaban J connectivity index is 1.94. The van der Waals surface area contributed by atoms with Crippen LogP contribution >= 0.6 is 11.6 Å². The van der Waals surface area contributed by atoms with E-state index in [0.29, 0.717) is 38.9 Å². The number of ether oxygens (including phenoxy) is 1. The second-order valence-corrected chi connectivity index (χ2v) is 7.59. The van der Waals surface area contributed by atoms with Gasteiger partial charge in [-0.25, -0.2) is 4.79 Å². The first-order valence-electron chi connectivity index (χ1n) is 9.59. The Morgan fingerprint density at radius 3 is 2.39 bits per heavy atom. The van der Waals surface area contributed by atoms with Crippen LogP contribution < -0.4 is 0 Å². The number of carbonyl (C=O) groups is 3. The van der Waals surface area contributed by atoms with Crippen molar-refractivity contribution >= 4 is 29.3 Å². The summed E-state index contributed by atoms with van der Waals surface area (Å²) < 4.78 is 11.9. The van der Waals surface area contributed by atoms with Gasteiger partial charge in [0, 0.05) is 28.9 Å². The number of benzene rings is 1. The van der Waals surface area contributed by atoms with Crippen molar-refractivity contribution in [2.45, 2.75) is 20.4 Å². The van der Waals surface area contributed by atoms with Gasteiger partial charge in [-0.05, 0) is 55.8 Å². The van der Waals surface area contributed by atoms with Crippen molar-refractivity contribution in [2.24, 2.45) is 7.05 Å². The lowest BCUT2D eigenvalue weighted by atomic mass is 10.0. The molecule has 0 atom stereocenters. The average Bonchev–Trinajstić information content (AvgIpc) is 3.33. The normalized spacial score (nSPS) is 10.7. The molecule has 0 radical (unpaired) electrons. The predicted molar refractivity (Wildman–Crippen MR) is 115 cm³/mol. The Morgan fingerprint density at radius 1 is 1.13 bits per heavy atom. The van der Waals surface area contributed by atoms with Crippen molar-refractivity contribution in [3.8, 4) is 0 Å². The Bertz CT molecular complexity index is 1110. The maximum Gasteiger partial charge on any atom is 0.354 e. The van der Waals surface area contributed by atoms with Crippen molar-refractivity contribution < 1.29 is 23.5 Å². The van der Waals surface area contributed by atoms with Crippen LogP contribution in [0.25, 0.3) is 0 Å². The maximum atomic E-state index is 13.3. The third-order valence-electron chi connectivity index (χ3n) is 5.23. The van der Waals surface area contributed by atoms with E-state index in [1.165, 1.54) is 18.3 Å². The summed E-state index contributed by atoms with van der Waals surface area (Å²) in [5.41, 5.74) is 2.26. The lowest BCUT2D eigenvalue weighted by Crippen LogP contribution is -2.35. The molecule has 1 aromatic carbocycles. The van der Waals surface area contributed by atoms with Gasteiger partial charge in [0.2, 0.25) is 0 Å². The maximum absolute atomic E-state index is 13.3. The molecule has 2 aromatic heterocycles. The predicted octanol–water partition coefficient (Wildman–Crippen LogP) is 4.20. The molecule has 1 amide bonds. The van der Waals surface area contributed by atoms with Gasteiger partial charge < -0.3 is 18.6 Å². The molecule has 2 heterocycles. The number of furan rings is 1. The van der Waals surface area contributed by atoms with E-state index in [-0.39, 0.29) is 24.8 Å². The summed E-state index contributed by atoms with van der Waals surface area (Å²) in [6.07, 6.45) is 1.51. The highest BCUT2D eigenvalue weighted by Crippen LogP contribution is 2.23. The molecule has 0 saturated carbocycles. The summed E-state index contributed by atoms with van der Waals surface area (Å²) in [6.45, 7) is 3.39. The van der Waals surface area contributed by atoms with Crippen molar-refractivity contribution in [2.75, 3.05) is 13.7 Å². The van der Waals surface area contributed by atoms with E-state index in [1.807, 2.05) is 0 Å². The Kier molecular flexibility index (Phi) is 6.65. The number of hydrogen-bond donors (Lipinski definition) is 0. The fourth-order valence-electron chi connectivity index (χ4n) is 3.59. The highest BCUT2D eigenvalue weighted by Gasteiger charge is 2.28. The Labute approximate surface area is 185 Å². The van der Waals surface area contributed by atoms with E-state index in [0.717, 1.165) is 0 Å². The number of rotatable bonds is 7. The Hall–Kier alpha value is -3.32. The zero-order valence-electron chi connectivity index (χ0n) is 17.8. The lowest BCUT2D eigenvalue weighted by Gasteiger charge is -2.21. The van der Waals surface area contributed by atoms with Gasteiger partial charge in [-0.15, -0.1) is 0 Å². The summed E-state index contributed by atoms with van der Waals surface area (Å²) >= 11 is 5.93. The van der Waals surface area contributed by atoms with E-state index in [1.54, 1.807) is 61.9 Å². The highest BCUT2D eigenvalue weighted by molar-refractivity contribution is 6.30. The number of amides is 1. The fraction of sp³-hybridized carbons (Fsp3) is 0.261. The third kappa shape index (κ3) is 4.56. The van der Waals surface area contributed by atoms with Gasteiger partial charge in [0.1, 0.15) is 11.5 Å². The summed E-state index contributed by atoms with van der Waals surface area (Å²) in [6, 6.07) is 9.92. The summed E-state index contributed by atoms with van der Waals surface area (Å²) in [7, 11) is 2.99. The van der Waals surface area contributed by atoms with E-state index < -0.39 is 5.97 Å². The molecular formula is C23H23ClN2O5. The van der Waals surface area contributed by atoms with Gasteiger partial charge in [0.15, 0.2) is 5.78 Å². The van der Waals surface area contributed by atoms with E-state index >= 15 is 0 Å². The molecule has 31 heavy (non-hydrogen) atoms. The van der Waals surface area contributed by atoms with Gasteiger partial charge in [-0.2, -0.15) is 0 Å². The standard InChI is InChI=1S/C23H23ClN2O5/c1-14-20(15(2)25(3)21(14)23(29)30-4)19(27)13-26(12-18-6-5-11-31-18)22(28)16-7-9-17(24)10-8-16/h5-11H,12-13H2,1-4H3. The number of esters is 1. The van der Waals surface area contributed by atoms with Crippen LogP contribution in [0.1, 0.15) is 48.2 Å². The first-order valence-corrected chi connectivity index (χ1v) is 9.97. The third-order valence-corrected chi connectivity index (χ3v) is 5.48. The number of hydrogen-bond acceptors (Lipinski definition) is 5. The van der Waals surface area contributed by atoms with Gasteiger partial charge in [-0.3, -0.25) is 9.59 Å². The van der Waals surface area contributed by atoms with Crippen LogP contribution in [-0.2, 0) is 18.3 Å². The monoisotopic (exact) mass is 442 g/mol. The quantitative estimate of drug-likeness (QED) is 0.404. The van der Waals surface area contributed by atoms with Crippen LogP contribution in [0.4, 0.5) is 0 Å². The molecule has 162 valence electrons. The molecule has 3 aromatic rings. The van der Waals surface area contributed by atoms with Crippen molar-refractivity contribution in [3.05, 3.63) is 81.5 Å². The number of carbonyl (C=O) groups excluding carboxylic acids is 3. The van der Waals surface area contributed by atoms with Crippen LogP contribution in [-0.4, -0.2) is 40.8 Å². The molecule has 0 fully saturated rings. The van der Waals surface area contributed by atoms with Crippen molar-refractivity contribution in [1.29, 1.82) is 0 Å². The minimum absolute atomic E-state index is 0.120. The molecule has 0 aliphatic carbocycles. The summed E-state index contributed by atoms with van der Waals surface area (Å²) in [4.78, 5) is 40.0. The van der Waals surface area contributed by atoms with Crippen LogP contribution in [0, 0.1) is 13.8 Å². The summed E-state index contributed by atoms with van der Waals surface area (Å²) in [5.74, 6) is -0.589.